The molecule has 0 bridgehead atoms. The van der Waals surface area contributed by atoms with Crippen molar-refractivity contribution >= 4 is 16.9 Å². The molecule has 1 fully saturated rings. The Bertz CT molecular complexity index is 1710. The molecule has 1 N–H and O–H groups in total. The second-order valence-electron chi connectivity index (χ2n) is 9.67. The van der Waals surface area contributed by atoms with Crippen LogP contribution >= 0.6 is 0 Å². The van der Waals surface area contributed by atoms with Crippen molar-refractivity contribution in [3.05, 3.63) is 100 Å². The number of hydrogen-bond donors (Lipinski definition) is 1. The number of carbonyl (C=O) groups is 1. The second kappa shape index (κ2) is 9.94. The lowest BCUT2D eigenvalue weighted by Crippen LogP contribution is -2.40. The summed E-state index contributed by atoms with van der Waals surface area (Å²) in [4.78, 5) is 34.7. The van der Waals surface area contributed by atoms with E-state index in [1.54, 1.807) is 28.0 Å². The number of aryl methyl sites for hydroxylation is 1. The summed E-state index contributed by atoms with van der Waals surface area (Å²) in [7, 11) is 0. The Morgan fingerprint density at radius 1 is 1.08 bits per heavy atom. The number of likely N-dealkylation sites (tertiary alicyclic amines) is 1. The quantitative estimate of drug-likeness (QED) is 0.352. The van der Waals surface area contributed by atoms with E-state index in [4.69, 9.17) is 0 Å². The number of aromatic nitrogens is 5. The van der Waals surface area contributed by atoms with Gasteiger partial charge < -0.3 is 9.88 Å². The molecular formula is C29H26F2N6O2. The Morgan fingerprint density at radius 2 is 1.85 bits per heavy atom. The van der Waals surface area contributed by atoms with Gasteiger partial charge in [0.1, 0.15) is 5.52 Å². The van der Waals surface area contributed by atoms with Crippen LogP contribution in [0.2, 0.25) is 0 Å². The van der Waals surface area contributed by atoms with Gasteiger partial charge in [-0.15, -0.1) is 0 Å². The number of rotatable bonds is 5. The first kappa shape index (κ1) is 24.7. The van der Waals surface area contributed by atoms with Crippen LogP contribution in [0.3, 0.4) is 0 Å². The molecule has 0 spiro atoms. The summed E-state index contributed by atoms with van der Waals surface area (Å²) < 4.78 is 31.5. The number of benzene rings is 2. The maximum absolute atomic E-state index is 14.6. The van der Waals surface area contributed by atoms with Gasteiger partial charge in [0.05, 0.1) is 16.9 Å². The Morgan fingerprint density at radius 3 is 2.54 bits per heavy atom. The van der Waals surface area contributed by atoms with Crippen molar-refractivity contribution in [2.45, 2.75) is 32.2 Å². The molecule has 1 amide bonds. The van der Waals surface area contributed by atoms with Crippen molar-refractivity contribution in [3.63, 3.8) is 0 Å². The lowest BCUT2D eigenvalue weighted by atomic mass is 10.0. The van der Waals surface area contributed by atoms with Gasteiger partial charge in [-0.1, -0.05) is 19.1 Å². The summed E-state index contributed by atoms with van der Waals surface area (Å²) in [6, 6.07) is 15.5. The molecule has 0 radical (unpaired) electrons. The van der Waals surface area contributed by atoms with E-state index < -0.39 is 17.3 Å². The van der Waals surface area contributed by atoms with Crippen LogP contribution in [-0.4, -0.2) is 48.2 Å². The van der Waals surface area contributed by atoms with Gasteiger partial charge in [-0.25, -0.2) is 18.3 Å². The van der Waals surface area contributed by atoms with E-state index in [9.17, 15) is 18.4 Å². The molecule has 1 aliphatic rings. The van der Waals surface area contributed by atoms with E-state index in [1.807, 2.05) is 36.4 Å². The molecule has 1 saturated heterocycles. The molecule has 4 heterocycles. The molecule has 39 heavy (non-hydrogen) atoms. The summed E-state index contributed by atoms with van der Waals surface area (Å²) in [5.41, 5.74) is 3.58. The smallest absolute Gasteiger partial charge is 0.326 e. The molecular weight excluding hydrogens is 502 g/mol. The average Bonchev–Trinajstić information content (AvgIpc) is 3.57. The van der Waals surface area contributed by atoms with E-state index in [-0.39, 0.29) is 23.0 Å². The van der Waals surface area contributed by atoms with Crippen LogP contribution < -0.4 is 5.69 Å². The van der Waals surface area contributed by atoms with Crippen LogP contribution in [0, 0.1) is 11.6 Å². The molecule has 1 aliphatic heterocycles. The Hall–Kier alpha value is -4.60. The van der Waals surface area contributed by atoms with Crippen molar-refractivity contribution in [2.24, 2.45) is 0 Å². The highest BCUT2D eigenvalue weighted by Gasteiger charge is 2.29. The fraction of sp³-hybridized carbons (Fsp3) is 0.241. The first-order chi connectivity index (χ1) is 18.9. The number of fused-ring (bicyclic) bond motifs is 1. The number of aromatic amines is 1. The molecule has 5 aromatic rings. The van der Waals surface area contributed by atoms with Crippen molar-refractivity contribution in [1.29, 1.82) is 0 Å². The fourth-order valence-corrected chi connectivity index (χ4v) is 5.27. The van der Waals surface area contributed by atoms with Crippen LogP contribution in [0.1, 0.15) is 41.9 Å². The number of carbonyl (C=O) groups excluding carboxylic acids is 1. The van der Waals surface area contributed by atoms with Crippen LogP contribution in [0.5, 0.6) is 0 Å². The summed E-state index contributed by atoms with van der Waals surface area (Å²) in [5, 5.41) is 4.68. The van der Waals surface area contributed by atoms with Gasteiger partial charge in [-0.2, -0.15) is 5.10 Å². The first-order valence-corrected chi connectivity index (χ1v) is 12.9. The van der Waals surface area contributed by atoms with Crippen molar-refractivity contribution < 1.29 is 13.6 Å². The maximum atomic E-state index is 14.6. The third kappa shape index (κ3) is 4.41. The molecule has 0 saturated carbocycles. The number of halogens is 2. The van der Waals surface area contributed by atoms with E-state index in [1.165, 1.54) is 16.2 Å². The van der Waals surface area contributed by atoms with Gasteiger partial charge in [-0.05, 0) is 67.3 Å². The zero-order chi connectivity index (χ0) is 27.1. The van der Waals surface area contributed by atoms with Gasteiger partial charge in [0.2, 0.25) is 0 Å². The summed E-state index contributed by atoms with van der Waals surface area (Å²) in [5.74, 6) is -2.29. The number of nitrogens with one attached hydrogen (secondary N) is 1. The molecule has 0 aliphatic carbocycles. The molecule has 8 nitrogen and oxygen atoms in total. The Balaban J connectivity index is 1.27. The zero-order valence-corrected chi connectivity index (χ0v) is 21.3. The standard InChI is InChI=1S/C29H26F2N6O2/c1-2-18-5-7-21(8-6-18)37-25(19-4-3-13-32-17-19)16-24(34-37)28(38)35-14-11-20(12-15-35)36-27-23(33-29(36)39)10-9-22(30)26(27)31/h3-10,13,16-17,20H,2,11-12,14-15H2,1H3,(H,33,39). The lowest BCUT2D eigenvalue weighted by molar-refractivity contribution is 0.0688. The molecule has 2 aromatic carbocycles. The summed E-state index contributed by atoms with van der Waals surface area (Å²) >= 11 is 0. The minimum atomic E-state index is -1.05. The molecule has 10 heteroatoms. The molecule has 3 aromatic heterocycles. The number of nitrogens with zero attached hydrogens (tertiary/aromatic N) is 5. The molecule has 6 rings (SSSR count). The van der Waals surface area contributed by atoms with E-state index >= 15 is 0 Å². The zero-order valence-electron chi connectivity index (χ0n) is 21.3. The lowest BCUT2D eigenvalue weighted by Gasteiger charge is -2.32. The van der Waals surface area contributed by atoms with E-state index in [2.05, 4.69) is 22.0 Å². The fourth-order valence-electron chi connectivity index (χ4n) is 5.27. The molecule has 198 valence electrons. The minimum absolute atomic E-state index is 0.0706. The van der Waals surface area contributed by atoms with Gasteiger partial charge in [0, 0.05) is 37.1 Å². The van der Waals surface area contributed by atoms with Crippen LogP contribution in [0.15, 0.2) is 71.8 Å². The number of pyridine rings is 1. The number of imidazole rings is 1. The third-order valence-electron chi connectivity index (χ3n) is 7.36. The normalized spacial score (nSPS) is 14.3. The largest absolute Gasteiger partial charge is 0.337 e. The summed E-state index contributed by atoms with van der Waals surface area (Å²) in [6.45, 7) is 2.78. The predicted octanol–water partition coefficient (Wildman–Crippen LogP) is 4.90. The average molecular weight is 529 g/mol. The van der Waals surface area contributed by atoms with Gasteiger partial charge >= 0.3 is 5.69 Å². The Labute approximate surface area is 222 Å². The number of H-pyrrole nitrogens is 1. The second-order valence-corrected chi connectivity index (χ2v) is 9.67. The van der Waals surface area contributed by atoms with Crippen molar-refractivity contribution in [2.75, 3.05) is 13.1 Å². The SMILES string of the molecule is CCc1ccc(-n2nc(C(=O)N3CCC(n4c(=O)[nH]c5ccc(F)c(F)c54)CC3)cc2-c2cccnc2)cc1. The van der Waals surface area contributed by atoms with Gasteiger partial charge in [-0.3, -0.25) is 14.3 Å². The summed E-state index contributed by atoms with van der Waals surface area (Å²) in [6.07, 6.45) is 5.18. The topological polar surface area (TPSA) is 88.8 Å². The van der Waals surface area contributed by atoms with Crippen molar-refractivity contribution in [1.82, 2.24) is 29.2 Å². The van der Waals surface area contributed by atoms with Gasteiger partial charge in [0.15, 0.2) is 17.3 Å². The van der Waals surface area contributed by atoms with E-state index in [0.717, 1.165) is 29.4 Å². The number of hydrogen-bond acceptors (Lipinski definition) is 4. The maximum Gasteiger partial charge on any atom is 0.326 e. The highest BCUT2D eigenvalue weighted by Crippen LogP contribution is 2.29. The van der Waals surface area contributed by atoms with Crippen LogP contribution in [-0.2, 0) is 6.42 Å². The predicted molar refractivity (Wildman–Crippen MR) is 143 cm³/mol. The molecule has 0 atom stereocenters. The van der Waals surface area contributed by atoms with E-state index in [0.29, 0.717) is 31.6 Å². The number of amides is 1. The minimum Gasteiger partial charge on any atom is -0.337 e. The monoisotopic (exact) mass is 528 g/mol. The van der Waals surface area contributed by atoms with Crippen LogP contribution in [0.4, 0.5) is 8.78 Å². The van der Waals surface area contributed by atoms with Crippen molar-refractivity contribution in [3.8, 4) is 16.9 Å². The van der Waals surface area contributed by atoms with Crippen LogP contribution in [0.25, 0.3) is 28.0 Å². The third-order valence-corrected chi connectivity index (χ3v) is 7.36. The molecule has 0 unspecified atom stereocenters. The highest BCUT2D eigenvalue weighted by molar-refractivity contribution is 5.93. The Kier molecular flexibility index (Phi) is 6.30. The number of piperidine rings is 1. The first-order valence-electron chi connectivity index (χ1n) is 12.9. The van der Waals surface area contributed by atoms with Gasteiger partial charge in [0.25, 0.3) is 5.91 Å². The highest BCUT2D eigenvalue weighted by atomic mass is 19.2.